The number of fused-ring (bicyclic) bond motifs is 1. The highest BCUT2D eigenvalue weighted by Gasteiger charge is 2.30. The van der Waals surface area contributed by atoms with E-state index < -0.39 is 11.7 Å². The number of alkyl halides is 3. The highest BCUT2D eigenvalue weighted by atomic mass is 35.5. The molecule has 4 rings (SSSR count). The van der Waals surface area contributed by atoms with Crippen molar-refractivity contribution in [3.8, 4) is 17.0 Å². The van der Waals surface area contributed by atoms with E-state index in [1.54, 1.807) is 36.5 Å². The molecule has 2 heterocycles. The van der Waals surface area contributed by atoms with Crippen LogP contribution < -0.4 is 10.3 Å². The van der Waals surface area contributed by atoms with E-state index in [1.807, 2.05) is 6.92 Å². The zero-order chi connectivity index (χ0) is 22.2. The summed E-state index contributed by atoms with van der Waals surface area (Å²) in [4.78, 5) is 12.9. The third-order valence-corrected chi connectivity index (χ3v) is 5.03. The summed E-state index contributed by atoms with van der Waals surface area (Å²) in [5.41, 5.74) is 0.808. The van der Waals surface area contributed by atoms with Crippen molar-refractivity contribution in [3.05, 3.63) is 87.4 Å². The minimum atomic E-state index is -4.44. The lowest BCUT2D eigenvalue weighted by Gasteiger charge is -2.10. The molecular weight excluding hydrogens is 431 g/mol. The maximum atomic E-state index is 13.0. The molecule has 0 amide bonds. The Kier molecular flexibility index (Phi) is 5.49. The first-order valence-electron chi connectivity index (χ1n) is 9.44. The van der Waals surface area contributed by atoms with Crippen LogP contribution in [0.4, 0.5) is 13.2 Å². The molecule has 0 unspecified atom stereocenters. The summed E-state index contributed by atoms with van der Waals surface area (Å²) >= 11 is 6.24. The Hall–Kier alpha value is -3.26. The molecule has 0 aliphatic heterocycles. The highest BCUT2D eigenvalue weighted by Crippen LogP contribution is 2.31. The topological polar surface area (TPSA) is 48.5 Å². The second-order valence-electron chi connectivity index (χ2n) is 6.87. The Labute approximate surface area is 180 Å². The van der Waals surface area contributed by atoms with E-state index in [9.17, 15) is 18.0 Å². The van der Waals surface area contributed by atoms with Crippen molar-refractivity contribution in [2.24, 2.45) is 0 Å². The molecule has 0 spiro atoms. The minimum absolute atomic E-state index is 0.00858. The van der Waals surface area contributed by atoms with E-state index in [4.69, 9.17) is 16.3 Å². The number of nitrogens with zero attached hydrogens (tertiary/aromatic N) is 3. The number of aromatic nitrogens is 3. The molecule has 9 heteroatoms. The molecule has 2 aromatic carbocycles. The lowest BCUT2D eigenvalue weighted by Crippen LogP contribution is -2.22. The third-order valence-electron chi connectivity index (χ3n) is 4.74. The van der Waals surface area contributed by atoms with Crippen LogP contribution in [0.5, 0.6) is 5.75 Å². The van der Waals surface area contributed by atoms with Gasteiger partial charge in [-0.25, -0.2) is 4.52 Å². The lowest BCUT2D eigenvalue weighted by atomic mass is 10.1. The van der Waals surface area contributed by atoms with Crippen LogP contribution in [0.25, 0.3) is 16.8 Å². The summed E-state index contributed by atoms with van der Waals surface area (Å²) in [6, 6.07) is 11.8. The van der Waals surface area contributed by atoms with Crippen molar-refractivity contribution in [2.75, 3.05) is 6.61 Å². The van der Waals surface area contributed by atoms with Gasteiger partial charge < -0.3 is 9.30 Å². The Bertz CT molecular complexity index is 1310. The average molecular weight is 448 g/mol. The zero-order valence-electron chi connectivity index (χ0n) is 16.4. The summed E-state index contributed by atoms with van der Waals surface area (Å²) in [5.74, 6) is 0.556. The van der Waals surface area contributed by atoms with Gasteiger partial charge in [0, 0.05) is 18.0 Å². The second-order valence-corrected chi connectivity index (χ2v) is 7.27. The fraction of sp³-hybridized carbons (Fsp3) is 0.182. The molecule has 0 bridgehead atoms. The standard InChI is InChI=1S/C22H17ClF3N3O2/c1-2-31-20-7-6-15(11-17(20)23)18-12-19-21(30)28(8-9-29(19)27-18)13-14-4-3-5-16(10-14)22(24,25)26/h3-12H,2,13H2,1H3. The van der Waals surface area contributed by atoms with Gasteiger partial charge in [0.25, 0.3) is 5.56 Å². The number of rotatable bonds is 5. The smallest absolute Gasteiger partial charge is 0.416 e. The molecular formula is C22H17ClF3N3O2. The Morgan fingerprint density at radius 2 is 1.90 bits per heavy atom. The number of hydrogen-bond acceptors (Lipinski definition) is 3. The molecule has 31 heavy (non-hydrogen) atoms. The van der Waals surface area contributed by atoms with Crippen LogP contribution >= 0.6 is 11.6 Å². The molecule has 0 atom stereocenters. The van der Waals surface area contributed by atoms with Crippen molar-refractivity contribution in [2.45, 2.75) is 19.6 Å². The molecule has 0 fully saturated rings. The van der Waals surface area contributed by atoms with Crippen LogP contribution in [-0.2, 0) is 12.7 Å². The molecule has 160 valence electrons. The van der Waals surface area contributed by atoms with Gasteiger partial charge in [-0.3, -0.25) is 4.79 Å². The van der Waals surface area contributed by atoms with Gasteiger partial charge in [0.15, 0.2) is 0 Å². The molecule has 0 aliphatic rings. The lowest BCUT2D eigenvalue weighted by molar-refractivity contribution is -0.137. The van der Waals surface area contributed by atoms with Crippen LogP contribution in [-0.4, -0.2) is 20.8 Å². The molecule has 4 aromatic rings. The van der Waals surface area contributed by atoms with Crippen LogP contribution in [0, 0.1) is 0 Å². The zero-order valence-corrected chi connectivity index (χ0v) is 17.1. The molecule has 0 radical (unpaired) electrons. The quantitative estimate of drug-likeness (QED) is 0.418. The maximum Gasteiger partial charge on any atom is 0.416 e. The first-order chi connectivity index (χ1) is 14.8. The van der Waals surface area contributed by atoms with Crippen molar-refractivity contribution in [3.63, 3.8) is 0 Å². The predicted octanol–water partition coefficient (Wildman–Crippen LogP) is 5.28. The molecule has 5 nitrogen and oxygen atoms in total. The molecule has 0 saturated heterocycles. The predicted molar refractivity (Wildman–Crippen MR) is 112 cm³/mol. The van der Waals surface area contributed by atoms with E-state index in [0.717, 1.165) is 12.1 Å². The monoisotopic (exact) mass is 447 g/mol. The molecule has 0 saturated carbocycles. The number of hydrogen-bond donors (Lipinski definition) is 0. The third kappa shape index (κ3) is 4.29. The summed E-state index contributed by atoms with van der Waals surface area (Å²) in [7, 11) is 0. The van der Waals surface area contributed by atoms with E-state index in [2.05, 4.69) is 5.10 Å². The van der Waals surface area contributed by atoms with E-state index >= 15 is 0 Å². The highest BCUT2D eigenvalue weighted by molar-refractivity contribution is 6.32. The molecule has 0 N–H and O–H groups in total. The average Bonchev–Trinajstić information content (AvgIpc) is 3.17. The van der Waals surface area contributed by atoms with E-state index in [1.165, 1.54) is 21.3 Å². The van der Waals surface area contributed by atoms with Crippen LogP contribution in [0.3, 0.4) is 0 Å². The Morgan fingerprint density at radius 3 is 2.61 bits per heavy atom. The van der Waals surface area contributed by atoms with Crippen molar-refractivity contribution < 1.29 is 17.9 Å². The van der Waals surface area contributed by atoms with Gasteiger partial charge in [0.05, 0.1) is 29.4 Å². The van der Waals surface area contributed by atoms with Gasteiger partial charge in [-0.2, -0.15) is 18.3 Å². The van der Waals surface area contributed by atoms with Crippen LogP contribution in [0.2, 0.25) is 5.02 Å². The van der Waals surface area contributed by atoms with E-state index in [0.29, 0.717) is 39.7 Å². The minimum Gasteiger partial charge on any atom is -0.492 e. The first kappa shape index (κ1) is 21.0. The number of benzene rings is 2. The number of ether oxygens (including phenoxy) is 1. The van der Waals surface area contributed by atoms with Crippen LogP contribution in [0.1, 0.15) is 18.1 Å². The maximum absolute atomic E-state index is 13.0. The molecule has 2 aromatic heterocycles. The van der Waals surface area contributed by atoms with Gasteiger partial charge in [-0.1, -0.05) is 23.7 Å². The van der Waals surface area contributed by atoms with Gasteiger partial charge in [0.2, 0.25) is 0 Å². The largest absolute Gasteiger partial charge is 0.492 e. The fourth-order valence-corrected chi connectivity index (χ4v) is 3.50. The molecule has 0 aliphatic carbocycles. The van der Waals surface area contributed by atoms with Gasteiger partial charge in [-0.05, 0) is 48.9 Å². The van der Waals surface area contributed by atoms with Gasteiger partial charge in [0.1, 0.15) is 11.3 Å². The van der Waals surface area contributed by atoms with Gasteiger partial charge >= 0.3 is 6.18 Å². The van der Waals surface area contributed by atoms with Crippen molar-refractivity contribution in [1.82, 2.24) is 14.2 Å². The van der Waals surface area contributed by atoms with Crippen LogP contribution in [0.15, 0.2) is 65.7 Å². The Balaban J connectivity index is 1.68. The number of halogens is 4. The fourth-order valence-electron chi connectivity index (χ4n) is 3.27. The first-order valence-corrected chi connectivity index (χ1v) is 9.82. The SMILES string of the molecule is CCOc1ccc(-c2cc3c(=O)n(Cc4cccc(C(F)(F)F)c4)ccn3n2)cc1Cl. The summed E-state index contributed by atoms with van der Waals surface area (Å²) in [6.45, 7) is 2.35. The summed E-state index contributed by atoms with van der Waals surface area (Å²) in [5, 5.41) is 4.84. The van der Waals surface area contributed by atoms with Crippen molar-refractivity contribution >= 4 is 17.1 Å². The van der Waals surface area contributed by atoms with Crippen molar-refractivity contribution in [1.29, 1.82) is 0 Å². The van der Waals surface area contributed by atoms with E-state index in [-0.39, 0.29) is 12.1 Å². The second kappa shape index (κ2) is 8.11. The summed E-state index contributed by atoms with van der Waals surface area (Å²) < 4.78 is 47.1. The Morgan fingerprint density at radius 1 is 1.10 bits per heavy atom. The normalized spacial score (nSPS) is 11.8. The summed E-state index contributed by atoms with van der Waals surface area (Å²) in [6.07, 6.45) is -1.36. The van der Waals surface area contributed by atoms with Gasteiger partial charge in [-0.15, -0.1) is 0 Å².